The number of nitrogens with zero attached hydrogens (tertiary/aromatic N) is 4. The van der Waals surface area contributed by atoms with Gasteiger partial charge in [0.25, 0.3) is 0 Å². The summed E-state index contributed by atoms with van der Waals surface area (Å²) in [4.78, 5) is 10.2. The predicted molar refractivity (Wildman–Crippen MR) is 54.9 cm³/mol. The zero-order chi connectivity index (χ0) is 10.6. The first-order valence-corrected chi connectivity index (χ1v) is 4.65. The molecule has 0 aliphatic rings. The smallest absolute Gasteiger partial charge is 0.226 e. The molecule has 0 saturated carbocycles. The van der Waals surface area contributed by atoms with Gasteiger partial charge in [-0.25, -0.2) is 9.97 Å². The molecular formula is C10H14N4. The van der Waals surface area contributed by atoms with Crippen LogP contribution in [-0.2, 0) is 0 Å². The Hall–Kier alpha value is -1.63. The molecule has 0 radical (unpaired) electrons. The van der Waals surface area contributed by atoms with E-state index in [1.807, 2.05) is 18.0 Å². The highest BCUT2D eigenvalue weighted by Crippen LogP contribution is 2.10. The maximum atomic E-state index is 8.68. The summed E-state index contributed by atoms with van der Waals surface area (Å²) >= 11 is 0. The van der Waals surface area contributed by atoms with Crippen molar-refractivity contribution >= 4 is 5.95 Å². The van der Waals surface area contributed by atoms with Crippen LogP contribution < -0.4 is 4.90 Å². The van der Waals surface area contributed by atoms with E-state index in [0.717, 1.165) is 6.42 Å². The quantitative estimate of drug-likeness (QED) is 0.726. The van der Waals surface area contributed by atoms with Crippen LogP contribution in [0.5, 0.6) is 0 Å². The maximum Gasteiger partial charge on any atom is 0.226 e. The van der Waals surface area contributed by atoms with Crippen molar-refractivity contribution in [2.75, 3.05) is 11.9 Å². The monoisotopic (exact) mass is 190 g/mol. The highest BCUT2D eigenvalue weighted by atomic mass is 15.2. The average Bonchev–Trinajstić information content (AvgIpc) is 2.27. The summed E-state index contributed by atoms with van der Waals surface area (Å²) in [5.74, 6) is 0.610. The van der Waals surface area contributed by atoms with E-state index in [9.17, 15) is 0 Å². The minimum absolute atomic E-state index is 0.379. The third kappa shape index (κ3) is 2.19. The third-order valence-electron chi connectivity index (χ3n) is 2.32. The summed E-state index contributed by atoms with van der Waals surface area (Å²) < 4.78 is 0. The molecule has 1 rings (SSSR count). The number of nitriles is 1. The van der Waals surface area contributed by atoms with Crippen LogP contribution in [0.1, 0.15) is 26.0 Å². The van der Waals surface area contributed by atoms with Crippen LogP contribution in [0.2, 0.25) is 0 Å². The number of hydrogen-bond donors (Lipinski definition) is 0. The second-order valence-corrected chi connectivity index (χ2v) is 3.22. The number of hydrogen-bond acceptors (Lipinski definition) is 4. The van der Waals surface area contributed by atoms with Crippen molar-refractivity contribution in [3.63, 3.8) is 0 Å². The molecule has 0 aliphatic heterocycles. The van der Waals surface area contributed by atoms with Crippen LogP contribution >= 0.6 is 0 Å². The molecule has 0 N–H and O–H groups in total. The lowest BCUT2D eigenvalue weighted by molar-refractivity contribution is 0.648. The predicted octanol–water partition coefficient (Wildman–Crippen LogP) is 1.58. The highest BCUT2D eigenvalue weighted by Gasteiger charge is 2.10. The Bertz CT molecular complexity index is 342. The Balaban J connectivity index is 2.91. The Morgan fingerprint density at radius 2 is 2.36 bits per heavy atom. The van der Waals surface area contributed by atoms with Gasteiger partial charge in [0.2, 0.25) is 5.95 Å². The molecule has 0 aliphatic carbocycles. The van der Waals surface area contributed by atoms with Gasteiger partial charge >= 0.3 is 0 Å². The molecule has 74 valence electrons. The summed E-state index contributed by atoms with van der Waals surface area (Å²) in [5, 5.41) is 8.68. The Kier molecular flexibility index (Phi) is 3.41. The van der Waals surface area contributed by atoms with Gasteiger partial charge in [-0.3, -0.25) is 0 Å². The zero-order valence-corrected chi connectivity index (χ0v) is 8.73. The van der Waals surface area contributed by atoms with Gasteiger partial charge in [-0.05, 0) is 19.4 Å². The minimum atomic E-state index is 0.379. The van der Waals surface area contributed by atoms with Gasteiger partial charge in [0.05, 0.1) is 0 Å². The van der Waals surface area contributed by atoms with Gasteiger partial charge in [-0.1, -0.05) is 6.92 Å². The summed E-state index contributed by atoms with van der Waals surface area (Å²) in [6.45, 7) is 4.21. The van der Waals surface area contributed by atoms with Crippen LogP contribution in [0.25, 0.3) is 0 Å². The van der Waals surface area contributed by atoms with E-state index in [1.54, 1.807) is 12.3 Å². The fourth-order valence-corrected chi connectivity index (χ4v) is 1.05. The second kappa shape index (κ2) is 4.56. The number of aromatic nitrogens is 2. The topological polar surface area (TPSA) is 52.8 Å². The van der Waals surface area contributed by atoms with E-state index in [4.69, 9.17) is 5.26 Å². The third-order valence-corrected chi connectivity index (χ3v) is 2.32. The number of anilines is 1. The van der Waals surface area contributed by atoms with Crippen LogP contribution in [-0.4, -0.2) is 23.1 Å². The Morgan fingerprint density at radius 1 is 1.64 bits per heavy atom. The lowest BCUT2D eigenvalue weighted by Gasteiger charge is -2.23. The second-order valence-electron chi connectivity index (χ2n) is 3.22. The zero-order valence-electron chi connectivity index (χ0n) is 8.73. The summed E-state index contributed by atoms with van der Waals surface area (Å²) in [6, 6.07) is 3.99. The van der Waals surface area contributed by atoms with E-state index >= 15 is 0 Å². The van der Waals surface area contributed by atoms with Crippen LogP contribution in [0.15, 0.2) is 12.3 Å². The molecule has 0 spiro atoms. The van der Waals surface area contributed by atoms with E-state index in [0.29, 0.717) is 17.7 Å². The normalized spacial score (nSPS) is 11.9. The molecule has 1 atom stereocenters. The van der Waals surface area contributed by atoms with Crippen molar-refractivity contribution < 1.29 is 0 Å². The van der Waals surface area contributed by atoms with Crippen molar-refractivity contribution in [3.8, 4) is 6.07 Å². The first-order chi connectivity index (χ1) is 6.69. The molecule has 0 fully saturated rings. The summed E-state index contributed by atoms with van der Waals surface area (Å²) in [7, 11) is 1.94. The molecule has 0 aromatic carbocycles. The fourth-order valence-electron chi connectivity index (χ4n) is 1.05. The van der Waals surface area contributed by atoms with E-state index in [1.165, 1.54) is 0 Å². The van der Waals surface area contributed by atoms with Crippen molar-refractivity contribution in [2.24, 2.45) is 0 Å². The molecule has 0 amide bonds. The van der Waals surface area contributed by atoms with Gasteiger partial charge in [0, 0.05) is 19.3 Å². The number of rotatable bonds is 3. The van der Waals surface area contributed by atoms with Gasteiger partial charge in [-0.2, -0.15) is 5.26 Å². The molecular weight excluding hydrogens is 176 g/mol. The van der Waals surface area contributed by atoms with Gasteiger partial charge < -0.3 is 4.90 Å². The Morgan fingerprint density at radius 3 is 2.93 bits per heavy atom. The van der Waals surface area contributed by atoms with Crippen molar-refractivity contribution in [1.82, 2.24) is 9.97 Å². The molecule has 4 heteroatoms. The van der Waals surface area contributed by atoms with Gasteiger partial charge in [0.1, 0.15) is 11.8 Å². The van der Waals surface area contributed by atoms with Crippen LogP contribution in [0.3, 0.4) is 0 Å². The first kappa shape index (κ1) is 10.5. The van der Waals surface area contributed by atoms with Crippen LogP contribution in [0, 0.1) is 11.3 Å². The lowest BCUT2D eigenvalue weighted by atomic mass is 10.2. The van der Waals surface area contributed by atoms with Gasteiger partial charge in [0.15, 0.2) is 0 Å². The molecule has 1 aromatic rings. The summed E-state index contributed by atoms with van der Waals surface area (Å²) in [5.41, 5.74) is 0.408. The van der Waals surface area contributed by atoms with Crippen molar-refractivity contribution in [3.05, 3.63) is 18.0 Å². The fraction of sp³-hybridized carbons (Fsp3) is 0.500. The van der Waals surface area contributed by atoms with Crippen LogP contribution in [0.4, 0.5) is 5.95 Å². The highest BCUT2D eigenvalue weighted by molar-refractivity contribution is 5.33. The lowest BCUT2D eigenvalue weighted by Crippen LogP contribution is -2.29. The van der Waals surface area contributed by atoms with E-state index in [-0.39, 0.29) is 0 Å². The van der Waals surface area contributed by atoms with E-state index < -0.39 is 0 Å². The standard InChI is InChI=1S/C10H14N4/c1-4-8(2)14(3)10-12-6-5-9(7-11)13-10/h5-6,8H,4H2,1-3H3. The maximum absolute atomic E-state index is 8.68. The molecule has 0 saturated heterocycles. The molecule has 0 bridgehead atoms. The average molecular weight is 190 g/mol. The molecule has 1 heterocycles. The Labute approximate surface area is 84.2 Å². The minimum Gasteiger partial charge on any atom is -0.341 e. The van der Waals surface area contributed by atoms with Gasteiger partial charge in [-0.15, -0.1) is 0 Å². The van der Waals surface area contributed by atoms with Crippen molar-refractivity contribution in [1.29, 1.82) is 5.26 Å². The van der Waals surface area contributed by atoms with Crippen molar-refractivity contribution in [2.45, 2.75) is 26.3 Å². The molecule has 4 nitrogen and oxygen atoms in total. The van der Waals surface area contributed by atoms with E-state index in [2.05, 4.69) is 23.8 Å². The molecule has 1 unspecified atom stereocenters. The molecule has 1 aromatic heterocycles. The first-order valence-electron chi connectivity index (χ1n) is 4.65. The SMILES string of the molecule is CCC(C)N(C)c1nccc(C#N)n1. The molecule has 14 heavy (non-hydrogen) atoms. The summed E-state index contributed by atoms with van der Waals surface area (Å²) in [6.07, 6.45) is 2.64. The largest absolute Gasteiger partial charge is 0.341 e.